The number of aryl methyl sites for hydroxylation is 1. The van der Waals surface area contributed by atoms with Crippen molar-refractivity contribution in [2.45, 2.75) is 17.5 Å². The van der Waals surface area contributed by atoms with Crippen LogP contribution in [0.1, 0.15) is 6.42 Å². The fourth-order valence-electron chi connectivity index (χ4n) is 3.68. The molecule has 1 atom stereocenters. The molecule has 0 saturated carbocycles. The van der Waals surface area contributed by atoms with E-state index in [9.17, 15) is 13.2 Å². The van der Waals surface area contributed by atoms with Crippen LogP contribution >= 0.6 is 11.8 Å². The highest BCUT2D eigenvalue weighted by atomic mass is 32.2. The number of carbonyl (C=O) groups is 1. The first kappa shape index (κ1) is 18.6. The largest absolute Gasteiger partial charge is 0.339 e. The molecule has 2 aliphatic heterocycles. The molecule has 0 N–H and O–H groups in total. The van der Waals surface area contributed by atoms with Crippen molar-refractivity contribution in [1.82, 2.24) is 29.5 Å². The zero-order valence-electron chi connectivity index (χ0n) is 15.1. The molecular weight excluding hydrogens is 388 g/mol. The molecule has 0 aliphatic carbocycles. The number of fused-ring (bicyclic) bond motifs is 1. The number of rotatable bonds is 4. The molecule has 0 bridgehead atoms. The van der Waals surface area contributed by atoms with Crippen LogP contribution in [0, 0.1) is 0 Å². The number of piperazine rings is 1. The zero-order valence-corrected chi connectivity index (χ0v) is 16.7. The van der Waals surface area contributed by atoms with Crippen LogP contribution in [-0.2, 0) is 21.7 Å². The number of hydrogen-bond acceptors (Lipinski definition) is 8. The fraction of sp³-hybridized carbons (Fsp3) is 0.625. The predicted octanol–water partition coefficient (Wildman–Crippen LogP) is -0.213. The van der Waals surface area contributed by atoms with Crippen LogP contribution in [0.25, 0.3) is 11.0 Å². The van der Waals surface area contributed by atoms with Gasteiger partial charge in [0.15, 0.2) is 15.5 Å². The van der Waals surface area contributed by atoms with E-state index in [0.717, 1.165) is 29.1 Å². The fourth-order valence-corrected chi connectivity index (χ4v) is 6.30. The normalized spacial score (nSPS) is 23.1. The maximum Gasteiger partial charge on any atom is 0.233 e. The lowest BCUT2D eigenvalue weighted by atomic mass is 10.2. The third-order valence-electron chi connectivity index (χ3n) is 5.22. The SMILES string of the molecule is Cn1ncc2c(SCC(=O)N3CCN(C4CCS(=O)(=O)C4)CC3)ncnc21. The van der Waals surface area contributed by atoms with Crippen molar-refractivity contribution in [2.75, 3.05) is 43.4 Å². The van der Waals surface area contributed by atoms with Gasteiger partial charge in [-0.25, -0.2) is 18.4 Å². The quantitative estimate of drug-likeness (QED) is 0.504. The van der Waals surface area contributed by atoms with E-state index in [-0.39, 0.29) is 23.5 Å². The van der Waals surface area contributed by atoms with Gasteiger partial charge in [0.05, 0.1) is 28.8 Å². The van der Waals surface area contributed by atoms with E-state index in [2.05, 4.69) is 20.0 Å². The Morgan fingerprint density at radius 1 is 1.26 bits per heavy atom. The minimum Gasteiger partial charge on any atom is -0.339 e. The van der Waals surface area contributed by atoms with Crippen molar-refractivity contribution in [3.63, 3.8) is 0 Å². The van der Waals surface area contributed by atoms with Gasteiger partial charge in [-0.3, -0.25) is 14.4 Å². The van der Waals surface area contributed by atoms with Crippen LogP contribution in [0.15, 0.2) is 17.6 Å². The van der Waals surface area contributed by atoms with Crippen molar-refractivity contribution >= 4 is 38.5 Å². The van der Waals surface area contributed by atoms with Crippen LogP contribution < -0.4 is 0 Å². The van der Waals surface area contributed by atoms with Gasteiger partial charge in [-0.15, -0.1) is 0 Å². The molecule has 1 amide bonds. The molecule has 0 aromatic carbocycles. The third-order valence-corrected chi connectivity index (χ3v) is 7.96. The molecule has 0 radical (unpaired) electrons. The number of sulfone groups is 1. The van der Waals surface area contributed by atoms with E-state index in [1.54, 1.807) is 10.9 Å². The summed E-state index contributed by atoms with van der Waals surface area (Å²) in [5, 5.41) is 5.80. The molecular formula is C16H22N6O3S2. The number of carbonyl (C=O) groups excluding carboxylic acids is 1. The Morgan fingerprint density at radius 3 is 2.74 bits per heavy atom. The third kappa shape index (κ3) is 3.94. The maximum absolute atomic E-state index is 12.6. The minimum absolute atomic E-state index is 0.0781. The van der Waals surface area contributed by atoms with Gasteiger partial charge in [0.2, 0.25) is 5.91 Å². The van der Waals surface area contributed by atoms with Crippen LogP contribution in [0.5, 0.6) is 0 Å². The topological polar surface area (TPSA) is 101 Å². The van der Waals surface area contributed by atoms with Crippen LogP contribution in [-0.4, -0.2) is 93.4 Å². The molecule has 4 heterocycles. The summed E-state index contributed by atoms with van der Waals surface area (Å²) in [6.45, 7) is 2.75. The van der Waals surface area contributed by atoms with E-state index in [4.69, 9.17) is 0 Å². The Labute approximate surface area is 162 Å². The molecule has 2 aromatic heterocycles. The highest BCUT2D eigenvalue weighted by Crippen LogP contribution is 2.24. The van der Waals surface area contributed by atoms with E-state index in [0.29, 0.717) is 25.3 Å². The first-order chi connectivity index (χ1) is 12.9. The van der Waals surface area contributed by atoms with Gasteiger partial charge < -0.3 is 4.90 Å². The molecule has 9 nitrogen and oxygen atoms in total. The Morgan fingerprint density at radius 2 is 2.04 bits per heavy atom. The molecule has 146 valence electrons. The van der Waals surface area contributed by atoms with Gasteiger partial charge in [-0.05, 0) is 6.42 Å². The smallest absolute Gasteiger partial charge is 0.233 e. The summed E-state index contributed by atoms with van der Waals surface area (Å²) in [7, 11) is -1.05. The predicted molar refractivity (Wildman–Crippen MR) is 102 cm³/mol. The summed E-state index contributed by atoms with van der Waals surface area (Å²) >= 11 is 1.40. The molecule has 27 heavy (non-hydrogen) atoms. The van der Waals surface area contributed by atoms with Crippen LogP contribution in [0.4, 0.5) is 0 Å². The number of amides is 1. The van der Waals surface area contributed by atoms with E-state index in [1.165, 1.54) is 18.1 Å². The van der Waals surface area contributed by atoms with E-state index < -0.39 is 9.84 Å². The summed E-state index contributed by atoms with van der Waals surface area (Å²) in [5.41, 5.74) is 0.750. The monoisotopic (exact) mass is 410 g/mol. The second-order valence-electron chi connectivity index (χ2n) is 6.95. The number of aromatic nitrogens is 4. The zero-order chi connectivity index (χ0) is 19.0. The summed E-state index contributed by atoms with van der Waals surface area (Å²) in [6.07, 6.45) is 3.92. The van der Waals surface area contributed by atoms with E-state index >= 15 is 0 Å². The van der Waals surface area contributed by atoms with Gasteiger partial charge in [0.1, 0.15) is 11.4 Å². The lowest BCUT2D eigenvalue weighted by Gasteiger charge is -2.37. The van der Waals surface area contributed by atoms with Gasteiger partial charge in [-0.2, -0.15) is 5.10 Å². The van der Waals surface area contributed by atoms with Crippen molar-refractivity contribution in [3.05, 3.63) is 12.5 Å². The molecule has 4 rings (SSSR count). The summed E-state index contributed by atoms with van der Waals surface area (Å²) in [4.78, 5) is 25.1. The summed E-state index contributed by atoms with van der Waals surface area (Å²) in [6, 6.07) is 0.113. The van der Waals surface area contributed by atoms with Crippen LogP contribution in [0.2, 0.25) is 0 Å². The Balaban J connectivity index is 1.31. The van der Waals surface area contributed by atoms with Crippen molar-refractivity contribution in [2.24, 2.45) is 7.05 Å². The molecule has 2 fully saturated rings. The first-order valence-electron chi connectivity index (χ1n) is 8.91. The van der Waals surface area contributed by atoms with Crippen molar-refractivity contribution in [3.8, 4) is 0 Å². The average molecular weight is 411 g/mol. The number of hydrogen-bond donors (Lipinski definition) is 0. The van der Waals surface area contributed by atoms with Gasteiger partial charge in [-0.1, -0.05) is 11.8 Å². The lowest BCUT2D eigenvalue weighted by Crippen LogP contribution is -2.52. The standard InChI is InChI=1S/C16H22N6O3S2/c1-20-15-13(8-19-20)16(18-11-17-15)26-9-14(23)22-5-3-21(4-6-22)12-2-7-27(24,25)10-12/h8,11-12H,2-7,9-10H2,1H3. The number of nitrogens with zero attached hydrogens (tertiary/aromatic N) is 6. The Hall–Kier alpha value is -1.72. The summed E-state index contributed by atoms with van der Waals surface area (Å²) < 4.78 is 25.0. The van der Waals surface area contributed by atoms with Gasteiger partial charge in [0.25, 0.3) is 0 Å². The highest BCUT2D eigenvalue weighted by Gasteiger charge is 2.34. The molecule has 2 saturated heterocycles. The summed E-state index contributed by atoms with van der Waals surface area (Å²) in [5.74, 6) is 0.939. The maximum atomic E-state index is 12.6. The van der Waals surface area contributed by atoms with Crippen LogP contribution in [0.3, 0.4) is 0 Å². The molecule has 2 aliphatic rings. The number of thioether (sulfide) groups is 1. The Kier molecular flexibility index (Phi) is 5.08. The van der Waals surface area contributed by atoms with Gasteiger partial charge >= 0.3 is 0 Å². The molecule has 1 unspecified atom stereocenters. The second-order valence-corrected chi connectivity index (χ2v) is 10.1. The second kappa shape index (κ2) is 7.36. The van der Waals surface area contributed by atoms with Crippen molar-refractivity contribution < 1.29 is 13.2 Å². The van der Waals surface area contributed by atoms with Crippen molar-refractivity contribution in [1.29, 1.82) is 0 Å². The minimum atomic E-state index is -2.87. The van der Waals surface area contributed by atoms with E-state index in [1.807, 2.05) is 11.9 Å². The van der Waals surface area contributed by atoms with Gasteiger partial charge in [0, 0.05) is 39.3 Å². The molecule has 2 aromatic rings. The Bertz CT molecular complexity index is 952. The lowest BCUT2D eigenvalue weighted by molar-refractivity contribution is -0.130. The highest BCUT2D eigenvalue weighted by molar-refractivity contribution is 8.00. The molecule has 11 heteroatoms. The molecule has 0 spiro atoms. The average Bonchev–Trinajstić information content (AvgIpc) is 3.22. The first-order valence-corrected chi connectivity index (χ1v) is 11.7.